The van der Waals surface area contributed by atoms with Gasteiger partial charge in [0.15, 0.2) is 5.17 Å². The van der Waals surface area contributed by atoms with Crippen LogP contribution in [0.4, 0.5) is 0 Å². The summed E-state index contributed by atoms with van der Waals surface area (Å²) in [5.41, 5.74) is 0.591. The van der Waals surface area contributed by atoms with Crippen molar-refractivity contribution in [3.8, 4) is 5.75 Å². The van der Waals surface area contributed by atoms with Crippen LogP contribution >= 0.6 is 23.4 Å². The average Bonchev–Trinajstić information content (AvgIpc) is 3.03. The van der Waals surface area contributed by atoms with Crippen molar-refractivity contribution in [3.63, 3.8) is 0 Å². The second-order valence-corrected chi connectivity index (χ2v) is 9.60. The van der Waals surface area contributed by atoms with Gasteiger partial charge in [0.2, 0.25) is 5.91 Å². The van der Waals surface area contributed by atoms with E-state index < -0.39 is 10.1 Å². The molecule has 1 heterocycles. The predicted molar refractivity (Wildman–Crippen MR) is 115 cm³/mol. The van der Waals surface area contributed by atoms with Crippen LogP contribution in [0.1, 0.15) is 19.4 Å². The van der Waals surface area contributed by atoms with Gasteiger partial charge in [0.25, 0.3) is 0 Å². The molecule has 1 fully saturated rings. The molecule has 1 atom stereocenters. The van der Waals surface area contributed by atoms with Crippen LogP contribution in [-0.2, 0) is 14.9 Å². The van der Waals surface area contributed by atoms with Crippen LogP contribution in [0.3, 0.4) is 0 Å². The number of nitrogens with one attached hydrogen (secondary N) is 1. The van der Waals surface area contributed by atoms with Gasteiger partial charge < -0.3 is 9.50 Å². The maximum absolute atomic E-state index is 12.4. The summed E-state index contributed by atoms with van der Waals surface area (Å²) in [4.78, 5) is 11.8. The van der Waals surface area contributed by atoms with Gasteiger partial charge in [-0.25, -0.2) is 0 Å². The lowest BCUT2D eigenvalue weighted by molar-refractivity contribution is -0.119. The minimum atomic E-state index is -3.98. The van der Waals surface area contributed by atoms with Crippen LogP contribution in [-0.4, -0.2) is 31.0 Å². The maximum Gasteiger partial charge on any atom is 0.339 e. The minimum Gasteiger partial charge on any atom is -0.379 e. The highest BCUT2D eigenvalue weighted by molar-refractivity contribution is 8.15. The zero-order valence-corrected chi connectivity index (χ0v) is 18.0. The topological polar surface area (TPSA) is 97.2 Å². The van der Waals surface area contributed by atoms with E-state index in [1.165, 1.54) is 54.4 Å². The van der Waals surface area contributed by atoms with E-state index in [2.05, 4.69) is 15.5 Å². The van der Waals surface area contributed by atoms with Crippen LogP contribution in [0.5, 0.6) is 5.75 Å². The zero-order chi connectivity index (χ0) is 21.0. The van der Waals surface area contributed by atoms with Gasteiger partial charge >= 0.3 is 10.1 Å². The number of thioether (sulfide) groups is 1. The molecule has 1 N–H and O–H groups in total. The summed E-state index contributed by atoms with van der Waals surface area (Å²) in [6.45, 7) is 3.93. The minimum absolute atomic E-state index is 0.000997. The van der Waals surface area contributed by atoms with Gasteiger partial charge in [0.1, 0.15) is 10.6 Å². The number of carbonyl (C=O) groups is 1. The quantitative estimate of drug-likeness (QED) is 0.410. The maximum atomic E-state index is 12.4. The third-order valence-corrected chi connectivity index (χ3v) is 6.79. The summed E-state index contributed by atoms with van der Waals surface area (Å²) in [6, 6.07) is 12.1. The molecule has 0 aromatic heterocycles. The molecule has 3 rings (SSSR count). The third-order valence-electron chi connectivity index (χ3n) is 3.85. The first-order chi connectivity index (χ1) is 13.7. The monoisotopic (exact) mass is 451 g/mol. The molecule has 2 aromatic rings. The molecular formula is C19H18ClN3O4S2. The number of halogens is 1. The van der Waals surface area contributed by atoms with Crippen molar-refractivity contribution in [2.45, 2.75) is 24.0 Å². The molecule has 0 saturated carbocycles. The van der Waals surface area contributed by atoms with E-state index in [9.17, 15) is 13.2 Å². The highest BCUT2D eigenvalue weighted by Gasteiger charge is 2.32. The van der Waals surface area contributed by atoms with Crippen molar-refractivity contribution in [3.05, 3.63) is 59.1 Å². The van der Waals surface area contributed by atoms with Crippen LogP contribution in [0.25, 0.3) is 0 Å². The Morgan fingerprint density at radius 1 is 1.21 bits per heavy atom. The SMILES string of the molecule is CC(C)[C@H]1S/C(=N\N=C/c2cccc(OS(=O)(=O)c3ccc(Cl)cc3)c2)NC1=O. The Hall–Kier alpha value is -2.36. The first kappa shape index (κ1) is 21.4. The van der Waals surface area contributed by atoms with Gasteiger partial charge in [-0.3, -0.25) is 4.79 Å². The number of benzene rings is 2. The Morgan fingerprint density at radius 3 is 2.59 bits per heavy atom. The van der Waals surface area contributed by atoms with Gasteiger partial charge in [-0.15, -0.1) is 5.10 Å². The summed E-state index contributed by atoms with van der Waals surface area (Å²) in [7, 11) is -3.98. The van der Waals surface area contributed by atoms with Crippen molar-refractivity contribution in [2.24, 2.45) is 16.1 Å². The number of hydrogen-bond donors (Lipinski definition) is 1. The molecule has 10 heteroatoms. The average molecular weight is 452 g/mol. The highest BCUT2D eigenvalue weighted by Crippen LogP contribution is 2.26. The molecule has 2 aromatic carbocycles. The van der Waals surface area contributed by atoms with E-state index in [0.29, 0.717) is 15.8 Å². The number of hydrogen-bond acceptors (Lipinski definition) is 7. The van der Waals surface area contributed by atoms with Crippen LogP contribution in [0.2, 0.25) is 5.02 Å². The first-order valence-corrected chi connectivity index (χ1v) is 11.3. The summed E-state index contributed by atoms with van der Waals surface area (Å²) in [5, 5.41) is 11.3. The first-order valence-electron chi connectivity index (χ1n) is 8.63. The molecule has 152 valence electrons. The number of rotatable bonds is 6. The van der Waals surface area contributed by atoms with E-state index in [0.717, 1.165) is 0 Å². The highest BCUT2D eigenvalue weighted by atomic mass is 35.5. The number of amides is 1. The fourth-order valence-corrected chi connectivity index (χ4v) is 4.42. The Kier molecular flexibility index (Phi) is 6.61. The van der Waals surface area contributed by atoms with Crippen molar-refractivity contribution < 1.29 is 17.4 Å². The largest absolute Gasteiger partial charge is 0.379 e. The summed E-state index contributed by atoms with van der Waals surface area (Å²) >= 11 is 7.12. The zero-order valence-electron chi connectivity index (χ0n) is 15.6. The fourth-order valence-electron chi connectivity index (χ4n) is 2.44. The Morgan fingerprint density at radius 2 is 1.93 bits per heavy atom. The molecule has 0 spiro atoms. The molecule has 1 saturated heterocycles. The van der Waals surface area contributed by atoms with E-state index in [1.54, 1.807) is 12.1 Å². The van der Waals surface area contributed by atoms with Crippen molar-refractivity contribution >= 4 is 50.8 Å². The normalized spacial score (nSPS) is 18.6. The summed E-state index contributed by atoms with van der Waals surface area (Å²) < 4.78 is 29.9. The van der Waals surface area contributed by atoms with Crippen LogP contribution in [0.15, 0.2) is 63.6 Å². The molecule has 0 unspecified atom stereocenters. The lowest BCUT2D eigenvalue weighted by Crippen LogP contribution is -2.27. The lowest BCUT2D eigenvalue weighted by atomic mass is 10.1. The molecule has 0 aliphatic carbocycles. The van der Waals surface area contributed by atoms with Crippen LogP contribution < -0.4 is 9.50 Å². The van der Waals surface area contributed by atoms with Gasteiger partial charge in [-0.1, -0.05) is 49.3 Å². The molecule has 7 nitrogen and oxygen atoms in total. The Balaban J connectivity index is 1.70. The van der Waals surface area contributed by atoms with Crippen molar-refractivity contribution in [2.75, 3.05) is 0 Å². The summed E-state index contributed by atoms with van der Waals surface area (Å²) in [5.74, 6) is 0.245. The molecule has 1 aliphatic heterocycles. The fraction of sp³-hybridized carbons (Fsp3) is 0.211. The predicted octanol–water partition coefficient (Wildman–Crippen LogP) is 3.69. The molecule has 1 amide bonds. The van der Waals surface area contributed by atoms with E-state index >= 15 is 0 Å². The van der Waals surface area contributed by atoms with Crippen molar-refractivity contribution in [1.82, 2.24) is 5.32 Å². The van der Waals surface area contributed by atoms with Crippen molar-refractivity contribution in [1.29, 1.82) is 0 Å². The second kappa shape index (κ2) is 8.98. The molecule has 0 radical (unpaired) electrons. The second-order valence-electron chi connectivity index (χ2n) is 6.49. The van der Waals surface area contributed by atoms with Gasteiger partial charge in [0.05, 0.1) is 11.5 Å². The smallest absolute Gasteiger partial charge is 0.339 e. The third kappa shape index (κ3) is 5.59. The summed E-state index contributed by atoms with van der Waals surface area (Å²) in [6.07, 6.45) is 1.45. The lowest BCUT2D eigenvalue weighted by Gasteiger charge is -2.07. The van der Waals surface area contributed by atoms with Gasteiger partial charge in [0, 0.05) is 5.02 Å². The van der Waals surface area contributed by atoms with E-state index in [4.69, 9.17) is 15.8 Å². The number of nitrogens with zero attached hydrogens (tertiary/aromatic N) is 2. The number of carbonyl (C=O) groups excluding carboxylic acids is 1. The van der Waals surface area contributed by atoms with E-state index in [1.807, 2.05) is 13.8 Å². The molecular weight excluding hydrogens is 434 g/mol. The molecule has 29 heavy (non-hydrogen) atoms. The molecule has 1 aliphatic rings. The van der Waals surface area contributed by atoms with E-state index in [-0.39, 0.29) is 27.7 Å². The Bertz CT molecular complexity index is 1070. The standard InChI is InChI=1S/C19H18ClN3O4S2/c1-12(2)17-18(24)22-19(28-17)23-21-11-13-4-3-5-15(10-13)27-29(25,26)16-8-6-14(20)7-9-16/h3-12,17H,1-2H3,(H,22,23,24)/b21-11-/t17-/m1/s1. The molecule has 0 bridgehead atoms. The van der Waals surface area contributed by atoms with Crippen LogP contribution in [0, 0.1) is 5.92 Å². The number of amidine groups is 1. The van der Waals surface area contributed by atoms with Gasteiger partial charge in [-0.2, -0.15) is 13.5 Å². The van der Waals surface area contributed by atoms with Gasteiger partial charge in [-0.05, 0) is 47.9 Å². The Labute approximate surface area is 178 Å².